The first kappa shape index (κ1) is 29.3. The topological polar surface area (TPSA) is 99.5 Å². The van der Waals surface area contributed by atoms with E-state index in [1.807, 2.05) is 25.9 Å². The molecule has 4 aromatic rings. The van der Waals surface area contributed by atoms with E-state index in [-0.39, 0.29) is 18.3 Å². The Balaban J connectivity index is 1.64. The Morgan fingerprint density at radius 1 is 1.15 bits per heavy atom. The SMILES string of the molecule is CCOc1cc2ncc(C#N)c(Nc3ccc(OCc4ccccc4F)c(Cl)c3)c2cc1NC(=O)C=CCN(C)C. The van der Waals surface area contributed by atoms with Crippen LogP contribution in [0.3, 0.4) is 0 Å². The summed E-state index contributed by atoms with van der Waals surface area (Å²) in [5, 5.41) is 16.9. The van der Waals surface area contributed by atoms with Gasteiger partial charge in [0.15, 0.2) is 0 Å². The van der Waals surface area contributed by atoms with Gasteiger partial charge in [-0.1, -0.05) is 35.9 Å². The van der Waals surface area contributed by atoms with E-state index >= 15 is 0 Å². The second-order valence-corrected chi connectivity index (χ2v) is 9.67. The van der Waals surface area contributed by atoms with Gasteiger partial charge in [0.1, 0.15) is 30.0 Å². The molecule has 1 amide bonds. The third-order valence-electron chi connectivity index (χ3n) is 5.93. The first-order valence-corrected chi connectivity index (χ1v) is 13.2. The zero-order valence-corrected chi connectivity index (χ0v) is 23.6. The number of hydrogen-bond donors (Lipinski definition) is 2. The van der Waals surface area contributed by atoms with Crippen molar-refractivity contribution in [3.8, 4) is 17.6 Å². The molecule has 3 aromatic carbocycles. The van der Waals surface area contributed by atoms with E-state index in [1.165, 1.54) is 18.3 Å². The summed E-state index contributed by atoms with van der Waals surface area (Å²) in [4.78, 5) is 19.0. The maximum Gasteiger partial charge on any atom is 0.248 e. The van der Waals surface area contributed by atoms with Crippen molar-refractivity contribution in [1.82, 2.24) is 9.88 Å². The van der Waals surface area contributed by atoms with Crippen LogP contribution in [0.15, 0.2) is 72.9 Å². The highest BCUT2D eigenvalue weighted by Crippen LogP contribution is 2.37. The van der Waals surface area contributed by atoms with Crippen molar-refractivity contribution in [1.29, 1.82) is 5.26 Å². The summed E-state index contributed by atoms with van der Waals surface area (Å²) >= 11 is 6.48. The molecule has 0 aliphatic heterocycles. The zero-order valence-electron chi connectivity index (χ0n) is 22.9. The fraction of sp³-hybridized carbons (Fsp3) is 0.194. The van der Waals surface area contributed by atoms with Crippen molar-refractivity contribution < 1.29 is 18.7 Å². The molecule has 0 atom stereocenters. The molecular weight excluding hydrogens is 545 g/mol. The summed E-state index contributed by atoms with van der Waals surface area (Å²) in [5.41, 5.74) is 2.77. The lowest BCUT2D eigenvalue weighted by Gasteiger charge is -2.16. The minimum Gasteiger partial charge on any atom is -0.492 e. The number of anilines is 3. The van der Waals surface area contributed by atoms with Gasteiger partial charge in [0.2, 0.25) is 5.91 Å². The fourth-order valence-electron chi connectivity index (χ4n) is 3.97. The van der Waals surface area contributed by atoms with Crippen molar-refractivity contribution in [2.45, 2.75) is 13.5 Å². The highest BCUT2D eigenvalue weighted by molar-refractivity contribution is 6.32. The normalized spacial score (nSPS) is 11.0. The summed E-state index contributed by atoms with van der Waals surface area (Å²) in [6.07, 6.45) is 4.68. The van der Waals surface area contributed by atoms with Crippen LogP contribution >= 0.6 is 11.6 Å². The van der Waals surface area contributed by atoms with E-state index in [2.05, 4.69) is 21.7 Å². The largest absolute Gasteiger partial charge is 0.492 e. The summed E-state index contributed by atoms with van der Waals surface area (Å²) < 4.78 is 25.5. The molecule has 0 spiro atoms. The number of likely N-dealkylation sites (N-methyl/N-ethyl adjacent to an activating group) is 1. The number of rotatable bonds is 11. The van der Waals surface area contributed by atoms with Gasteiger partial charge in [-0.25, -0.2) is 4.39 Å². The van der Waals surface area contributed by atoms with Crippen LogP contribution in [-0.2, 0) is 11.4 Å². The number of carbonyl (C=O) groups excluding carboxylic acids is 1. The number of nitriles is 1. The van der Waals surface area contributed by atoms with Crippen LogP contribution in [0.1, 0.15) is 18.1 Å². The molecule has 1 aromatic heterocycles. The molecule has 210 valence electrons. The number of carbonyl (C=O) groups is 1. The summed E-state index contributed by atoms with van der Waals surface area (Å²) in [5.74, 6) is 0.165. The maximum atomic E-state index is 14.0. The van der Waals surface area contributed by atoms with Crippen LogP contribution in [0.4, 0.5) is 21.5 Å². The summed E-state index contributed by atoms with van der Waals surface area (Å²) in [6.45, 7) is 2.87. The molecule has 41 heavy (non-hydrogen) atoms. The Hall–Kier alpha value is -4.65. The molecule has 0 aliphatic carbocycles. The quantitative estimate of drug-likeness (QED) is 0.193. The smallest absolute Gasteiger partial charge is 0.248 e. The molecule has 0 radical (unpaired) electrons. The number of nitrogens with one attached hydrogen (secondary N) is 2. The average Bonchev–Trinajstić information content (AvgIpc) is 2.94. The van der Waals surface area contributed by atoms with E-state index in [0.717, 1.165) is 0 Å². The van der Waals surface area contributed by atoms with Crippen molar-refractivity contribution in [3.05, 3.63) is 94.9 Å². The number of benzene rings is 3. The maximum absolute atomic E-state index is 14.0. The number of ether oxygens (including phenoxy) is 2. The van der Waals surface area contributed by atoms with Crippen LogP contribution in [0, 0.1) is 17.1 Å². The highest BCUT2D eigenvalue weighted by Gasteiger charge is 2.16. The van der Waals surface area contributed by atoms with E-state index in [0.29, 0.717) is 68.8 Å². The van der Waals surface area contributed by atoms with Gasteiger partial charge in [0.05, 0.1) is 34.1 Å². The van der Waals surface area contributed by atoms with Gasteiger partial charge in [-0.2, -0.15) is 5.26 Å². The molecule has 10 heteroatoms. The van der Waals surface area contributed by atoms with E-state index in [1.54, 1.807) is 54.6 Å². The molecule has 8 nitrogen and oxygen atoms in total. The minimum absolute atomic E-state index is 0.0216. The van der Waals surface area contributed by atoms with Gasteiger partial charge in [0.25, 0.3) is 0 Å². The Morgan fingerprint density at radius 3 is 2.66 bits per heavy atom. The molecule has 2 N–H and O–H groups in total. The Bertz CT molecular complexity index is 1630. The second-order valence-electron chi connectivity index (χ2n) is 9.26. The predicted molar refractivity (Wildman–Crippen MR) is 159 cm³/mol. The molecular formula is C31H29ClFN5O3. The van der Waals surface area contributed by atoms with Gasteiger partial charge in [-0.3, -0.25) is 9.78 Å². The standard InChI is InChI=1S/C31H29ClFN5O3/c1-4-40-29-16-26-23(15-27(29)37-30(39)10-7-13-38(2)3)31(21(17-34)18-35-26)36-22-11-12-28(24(32)14-22)41-19-20-8-5-6-9-25(20)33/h5-12,14-16,18H,4,13,19H2,1-3H3,(H,35,36)(H,37,39). The van der Waals surface area contributed by atoms with Crippen LogP contribution in [0.25, 0.3) is 10.9 Å². The van der Waals surface area contributed by atoms with Crippen molar-refractivity contribution in [2.75, 3.05) is 37.9 Å². The van der Waals surface area contributed by atoms with Crippen LogP contribution in [0.5, 0.6) is 11.5 Å². The van der Waals surface area contributed by atoms with Crippen molar-refractivity contribution in [2.24, 2.45) is 0 Å². The Kier molecular flexibility index (Phi) is 9.74. The Labute approximate surface area is 243 Å². The van der Waals surface area contributed by atoms with Crippen LogP contribution < -0.4 is 20.1 Å². The second kappa shape index (κ2) is 13.6. The molecule has 1 heterocycles. The number of amides is 1. The molecule has 0 unspecified atom stereocenters. The molecule has 0 aliphatic rings. The molecule has 0 bridgehead atoms. The van der Waals surface area contributed by atoms with Gasteiger partial charge in [-0.05, 0) is 51.4 Å². The van der Waals surface area contributed by atoms with Crippen LogP contribution in [-0.4, -0.2) is 43.0 Å². The number of hydrogen-bond acceptors (Lipinski definition) is 7. The number of halogens is 2. The van der Waals surface area contributed by atoms with Gasteiger partial charge in [0, 0.05) is 41.5 Å². The van der Waals surface area contributed by atoms with Gasteiger partial charge < -0.3 is 25.0 Å². The fourth-order valence-corrected chi connectivity index (χ4v) is 4.20. The minimum atomic E-state index is -0.358. The number of aromatic nitrogens is 1. The first-order chi connectivity index (χ1) is 19.8. The molecule has 0 fully saturated rings. The average molecular weight is 574 g/mol. The number of nitrogens with zero attached hydrogens (tertiary/aromatic N) is 3. The molecule has 0 saturated heterocycles. The van der Waals surface area contributed by atoms with E-state index in [9.17, 15) is 14.4 Å². The van der Waals surface area contributed by atoms with E-state index < -0.39 is 0 Å². The highest BCUT2D eigenvalue weighted by atomic mass is 35.5. The number of fused-ring (bicyclic) bond motifs is 1. The van der Waals surface area contributed by atoms with E-state index in [4.69, 9.17) is 21.1 Å². The lowest BCUT2D eigenvalue weighted by Crippen LogP contribution is -2.13. The predicted octanol–water partition coefficient (Wildman–Crippen LogP) is 6.68. The van der Waals surface area contributed by atoms with Crippen LogP contribution in [0.2, 0.25) is 5.02 Å². The lowest BCUT2D eigenvalue weighted by molar-refractivity contribution is -0.111. The Morgan fingerprint density at radius 2 is 1.95 bits per heavy atom. The van der Waals surface area contributed by atoms with Crippen molar-refractivity contribution >= 4 is 45.5 Å². The molecule has 4 rings (SSSR count). The zero-order chi connectivity index (χ0) is 29.4. The summed E-state index contributed by atoms with van der Waals surface area (Å²) in [6, 6.07) is 17.0. The molecule has 0 saturated carbocycles. The third-order valence-corrected chi connectivity index (χ3v) is 6.22. The first-order valence-electron chi connectivity index (χ1n) is 12.8. The third kappa shape index (κ3) is 7.51. The van der Waals surface area contributed by atoms with Gasteiger partial charge in [-0.15, -0.1) is 0 Å². The number of pyridine rings is 1. The lowest BCUT2D eigenvalue weighted by atomic mass is 10.1. The summed E-state index contributed by atoms with van der Waals surface area (Å²) in [7, 11) is 3.82. The van der Waals surface area contributed by atoms with Gasteiger partial charge >= 0.3 is 0 Å². The monoisotopic (exact) mass is 573 g/mol. The van der Waals surface area contributed by atoms with Crippen molar-refractivity contribution in [3.63, 3.8) is 0 Å².